The van der Waals surface area contributed by atoms with Gasteiger partial charge in [-0.05, 0) is 73.9 Å². The largest absolute Gasteiger partial charge is 0.490 e. The van der Waals surface area contributed by atoms with E-state index < -0.39 is 6.09 Å². The van der Waals surface area contributed by atoms with Gasteiger partial charge in [0.05, 0.1) is 11.7 Å². The first-order valence-corrected chi connectivity index (χ1v) is 13.8. The Labute approximate surface area is 240 Å². The first-order valence-electron chi connectivity index (χ1n) is 13.8. The van der Waals surface area contributed by atoms with Crippen molar-refractivity contribution in [1.29, 1.82) is 5.26 Å². The van der Waals surface area contributed by atoms with Gasteiger partial charge in [-0.25, -0.2) is 4.79 Å². The van der Waals surface area contributed by atoms with Gasteiger partial charge in [0.1, 0.15) is 11.8 Å². The number of ether oxygens (including phenoxy) is 1. The summed E-state index contributed by atoms with van der Waals surface area (Å²) < 4.78 is 11.3. The lowest BCUT2D eigenvalue weighted by atomic mass is 9.84. The monoisotopic (exact) mass is 559 g/mol. The molecule has 10 heteroatoms. The molecule has 1 aromatic heterocycles. The lowest BCUT2D eigenvalue weighted by Crippen LogP contribution is -2.44. The van der Waals surface area contributed by atoms with Gasteiger partial charge in [-0.3, -0.25) is 4.79 Å². The molecule has 2 heterocycles. The number of nitrogens with zero attached hydrogens (tertiary/aromatic N) is 4. The summed E-state index contributed by atoms with van der Waals surface area (Å²) in [7, 11) is 0. The Kier molecular flexibility index (Phi) is 8.66. The fourth-order valence-electron chi connectivity index (χ4n) is 5.15. The Hall–Kier alpha value is -4.39. The highest BCUT2D eigenvalue weighted by Gasteiger charge is 2.29. The van der Waals surface area contributed by atoms with E-state index in [0.717, 1.165) is 16.7 Å². The molecule has 41 heavy (non-hydrogen) atoms. The summed E-state index contributed by atoms with van der Waals surface area (Å²) in [6.45, 7) is 12.8. The Morgan fingerprint density at radius 3 is 2.66 bits per heavy atom. The predicted octanol–water partition coefficient (Wildman–Crippen LogP) is 5.72. The van der Waals surface area contributed by atoms with Crippen molar-refractivity contribution >= 4 is 12.0 Å². The molecule has 0 saturated carbocycles. The van der Waals surface area contributed by atoms with E-state index >= 15 is 0 Å². The van der Waals surface area contributed by atoms with Crippen molar-refractivity contribution in [3.63, 3.8) is 0 Å². The third kappa shape index (κ3) is 6.85. The van der Waals surface area contributed by atoms with Crippen molar-refractivity contribution in [2.45, 2.75) is 79.5 Å². The van der Waals surface area contributed by atoms with Crippen LogP contribution in [0.3, 0.4) is 0 Å². The maximum Gasteiger partial charge on any atom is 0.404 e. The molecule has 0 radical (unpaired) electrons. The topological polar surface area (TPSA) is 142 Å². The normalized spacial score (nSPS) is 13.9. The molecule has 0 bridgehead atoms. The smallest absolute Gasteiger partial charge is 0.404 e. The van der Waals surface area contributed by atoms with Crippen molar-refractivity contribution in [1.82, 2.24) is 20.4 Å². The molecule has 4 rings (SSSR count). The van der Waals surface area contributed by atoms with E-state index in [9.17, 15) is 20.0 Å². The van der Waals surface area contributed by atoms with Crippen molar-refractivity contribution in [2.75, 3.05) is 6.54 Å². The Bertz CT molecular complexity index is 1480. The van der Waals surface area contributed by atoms with E-state index in [1.807, 2.05) is 58.6 Å². The van der Waals surface area contributed by atoms with Crippen LogP contribution in [0, 0.1) is 23.7 Å². The minimum absolute atomic E-state index is 0.0168. The first-order chi connectivity index (χ1) is 19.4. The summed E-state index contributed by atoms with van der Waals surface area (Å²) in [5.41, 5.74) is 4.87. The van der Waals surface area contributed by atoms with Gasteiger partial charge in [0.25, 0.3) is 5.89 Å². The molecule has 1 aliphatic heterocycles. The molecule has 3 aromatic rings. The maximum atomic E-state index is 13.0. The van der Waals surface area contributed by atoms with Gasteiger partial charge in [0.15, 0.2) is 0 Å². The van der Waals surface area contributed by atoms with Crippen LogP contribution in [-0.4, -0.2) is 50.8 Å². The van der Waals surface area contributed by atoms with E-state index in [4.69, 9.17) is 9.26 Å². The van der Waals surface area contributed by atoms with Crippen LogP contribution in [0.4, 0.5) is 4.79 Å². The van der Waals surface area contributed by atoms with E-state index in [-0.39, 0.29) is 29.9 Å². The third-order valence-corrected chi connectivity index (χ3v) is 7.41. The van der Waals surface area contributed by atoms with Gasteiger partial charge >= 0.3 is 6.09 Å². The quantitative estimate of drug-likeness (QED) is 0.357. The van der Waals surface area contributed by atoms with Crippen LogP contribution in [0.5, 0.6) is 5.75 Å². The molecule has 0 aliphatic carbocycles. The highest BCUT2D eigenvalue weighted by atomic mass is 16.5. The Balaban J connectivity index is 1.47. The number of hydrogen-bond donors (Lipinski definition) is 2. The molecule has 0 saturated heterocycles. The molecule has 2 N–H and O–H groups in total. The molecule has 2 amide bonds. The van der Waals surface area contributed by atoms with Gasteiger partial charge in [-0.1, -0.05) is 38.1 Å². The minimum Gasteiger partial charge on any atom is -0.490 e. The number of benzene rings is 2. The van der Waals surface area contributed by atoms with Gasteiger partial charge in [-0.15, -0.1) is 0 Å². The van der Waals surface area contributed by atoms with Gasteiger partial charge in [0, 0.05) is 36.7 Å². The van der Waals surface area contributed by atoms with Gasteiger partial charge in [0.2, 0.25) is 11.7 Å². The van der Waals surface area contributed by atoms with E-state index in [2.05, 4.69) is 21.5 Å². The number of rotatable bonds is 8. The van der Waals surface area contributed by atoms with Crippen LogP contribution in [0.2, 0.25) is 0 Å². The molecule has 2 aromatic carbocycles. The van der Waals surface area contributed by atoms with Crippen molar-refractivity contribution < 1.29 is 24.0 Å². The number of carbonyl (C=O) groups excluding carboxylic acids is 1. The fraction of sp³-hybridized carbons (Fsp3) is 0.452. The number of nitriles is 1. The standard InChI is InChI=1S/C31H37N5O5/c1-18(2)40-25-10-8-20(15-22(25)16-32)29-34-28(35-41-29)24-9-7-21-17-36(14-13-23(21)19(24)3)27(37)12-11-26(31(4,5)6)33-30(38)39/h7-10,15,18,26,33H,11-14,17H2,1-6H3,(H,38,39). The summed E-state index contributed by atoms with van der Waals surface area (Å²) in [6, 6.07) is 11.0. The SMILES string of the molecule is Cc1c(-c2noc(-c3ccc(OC(C)C)c(C#N)c3)n2)ccc2c1CCN(C(=O)CCC(NC(=O)O)C(C)(C)C)C2. The average molecular weight is 560 g/mol. The van der Waals surface area contributed by atoms with E-state index in [1.165, 1.54) is 5.56 Å². The van der Waals surface area contributed by atoms with Crippen LogP contribution < -0.4 is 10.1 Å². The molecule has 1 aliphatic rings. The second kappa shape index (κ2) is 12.0. The number of carboxylic acid groups (broad SMARTS) is 1. The minimum atomic E-state index is -1.08. The summed E-state index contributed by atoms with van der Waals surface area (Å²) in [4.78, 5) is 30.7. The zero-order valence-electron chi connectivity index (χ0n) is 24.4. The van der Waals surface area contributed by atoms with Crippen molar-refractivity contribution in [2.24, 2.45) is 5.41 Å². The average Bonchev–Trinajstić information content (AvgIpc) is 3.40. The molecule has 0 spiro atoms. The van der Waals surface area contributed by atoms with E-state index in [0.29, 0.717) is 54.5 Å². The predicted molar refractivity (Wildman–Crippen MR) is 153 cm³/mol. The zero-order chi connectivity index (χ0) is 29.9. The van der Waals surface area contributed by atoms with Crippen molar-refractivity contribution in [3.8, 4) is 34.7 Å². The number of hydrogen-bond acceptors (Lipinski definition) is 7. The highest BCUT2D eigenvalue weighted by molar-refractivity contribution is 5.77. The molecular weight excluding hydrogens is 522 g/mol. The second-order valence-corrected chi connectivity index (χ2v) is 11.8. The molecule has 1 unspecified atom stereocenters. The van der Waals surface area contributed by atoms with Crippen LogP contribution in [0.25, 0.3) is 22.8 Å². The molecule has 0 fully saturated rings. The van der Waals surface area contributed by atoms with Crippen LogP contribution in [0.15, 0.2) is 34.9 Å². The maximum absolute atomic E-state index is 13.0. The number of carbonyl (C=O) groups is 2. The van der Waals surface area contributed by atoms with E-state index in [1.54, 1.807) is 18.2 Å². The molecule has 1 atom stereocenters. The number of aromatic nitrogens is 2. The molecule has 216 valence electrons. The Morgan fingerprint density at radius 2 is 2.00 bits per heavy atom. The number of amides is 2. The molecular formula is C31H37N5O5. The van der Waals surface area contributed by atoms with Crippen molar-refractivity contribution in [3.05, 3.63) is 52.6 Å². The van der Waals surface area contributed by atoms with Gasteiger partial charge < -0.3 is 24.6 Å². The summed E-state index contributed by atoms with van der Waals surface area (Å²) in [5, 5.41) is 25.5. The lowest BCUT2D eigenvalue weighted by molar-refractivity contribution is -0.132. The van der Waals surface area contributed by atoms with Gasteiger partial charge in [-0.2, -0.15) is 10.2 Å². The third-order valence-electron chi connectivity index (χ3n) is 7.41. The number of fused-ring (bicyclic) bond motifs is 1. The highest BCUT2D eigenvalue weighted by Crippen LogP contribution is 2.33. The Morgan fingerprint density at radius 1 is 1.24 bits per heavy atom. The zero-order valence-corrected chi connectivity index (χ0v) is 24.4. The lowest BCUT2D eigenvalue weighted by Gasteiger charge is -2.33. The van der Waals surface area contributed by atoms with Crippen LogP contribution >= 0.6 is 0 Å². The summed E-state index contributed by atoms with van der Waals surface area (Å²) in [6.07, 6.45) is 0.287. The summed E-state index contributed by atoms with van der Waals surface area (Å²) in [5.74, 6) is 1.30. The number of nitrogens with one attached hydrogen (secondary N) is 1. The van der Waals surface area contributed by atoms with Crippen LogP contribution in [-0.2, 0) is 17.8 Å². The fourth-order valence-corrected chi connectivity index (χ4v) is 5.15. The molecule has 10 nitrogen and oxygen atoms in total. The summed E-state index contributed by atoms with van der Waals surface area (Å²) >= 11 is 0. The first kappa shape index (κ1) is 29.6. The second-order valence-electron chi connectivity index (χ2n) is 11.8. The van der Waals surface area contributed by atoms with Crippen LogP contribution in [0.1, 0.15) is 69.7 Å².